The summed E-state index contributed by atoms with van der Waals surface area (Å²) in [5, 5.41) is 6.67. The van der Waals surface area contributed by atoms with Gasteiger partial charge in [0.05, 0.1) is 18.3 Å². The predicted molar refractivity (Wildman–Crippen MR) is 127 cm³/mol. The van der Waals surface area contributed by atoms with Gasteiger partial charge in [-0.3, -0.25) is 4.68 Å². The average Bonchev–Trinajstić information content (AvgIpc) is 3.72. The molecule has 0 saturated heterocycles. The molecule has 2 saturated carbocycles. The van der Waals surface area contributed by atoms with Crippen LogP contribution in [0.15, 0.2) is 47.8 Å². The van der Waals surface area contributed by atoms with E-state index >= 15 is 0 Å². The molecule has 0 bridgehead atoms. The van der Waals surface area contributed by atoms with Crippen LogP contribution in [0.25, 0.3) is 11.1 Å². The van der Waals surface area contributed by atoms with Gasteiger partial charge in [-0.15, -0.1) is 0 Å². The summed E-state index contributed by atoms with van der Waals surface area (Å²) in [6.07, 6.45) is 8.05. The van der Waals surface area contributed by atoms with Gasteiger partial charge in [0.15, 0.2) is 5.03 Å². The molecule has 10 nitrogen and oxygen atoms in total. The van der Waals surface area contributed by atoms with Crippen LogP contribution in [0.5, 0.6) is 11.6 Å². The first-order valence-electron chi connectivity index (χ1n) is 11.3. The van der Waals surface area contributed by atoms with Gasteiger partial charge in [0.2, 0.25) is 5.88 Å². The molecular formula is C23H27N5O5S. The zero-order chi connectivity index (χ0) is 23.3. The number of pyridine rings is 1. The summed E-state index contributed by atoms with van der Waals surface area (Å²) in [6.45, 7) is 0.484. The summed E-state index contributed by atoms with van der Waals surface area (Å²) in [5.74, 6) is 1.18. The van der Waals surface area contributed by atoms with Gasteiger partial charge in [0.1, 0.15) is 11.9 Å². The van der Waals surface area contributed by atoms with Gasteiger partial charge in [-0.2, -0.15) is 13.5 Å². The Kier molecular flexibility index (Phi) is 4.94. The first-order chi connectivity index (χ1) is 16.5. The maximum Gasteiger partial charge on any atom is 0.333 e. The Bertz CT molecular complexity index is 1390. The van der Waals surface area contributed by atoms with E-state index in [1.54, 1.807) is 17.1 Å². The quantitative estimate of drug-likeness (QED) is 0.522. The largest absolute Gasteiger partial charge is 0.493 e. The molecule has 2 aromatic heterocycles. The highest BCUT2D eigenvalue weighted by Gasteiger charge is 2.29. The molecule has 11 heteroatoms. The lowest BCUT2D eigenvalue weighted by Gasteiger charge is -2.16. The monoisotopic (exact) mass is 485 g/mol. The number of benzene rings is 1. The number of carbonyl (C=O) groups excluding carboxylic acids is 1. The number of fused-ring (bicyclic) bond motifs is 1. The zero-order valence-electron chi connectivity index (χ0n) is 18.2. The predicted octanol–water partition coefficient (Wildman–Crippen LogP) is 3.76. The highest BCUT2D eigenvalue weighted by atomic mass is 32.2. The summed E-state index contributed by atoms with van der Waals surface area (Å²) >= 11 is 0. The Hall–Kier alpha value is -3.60. The molecule has 3 aromatic rings. The summed E-state index contributed by atoms with van der Waals surface area (Å²) < 4.78 is 40.6. The second-order valence-electron chi connectivity index (χ2n) is 8.69. The van der Waals surface area contributed by atoms with E-state index in [0.717, 1.165) is 42.4 Å². The van der Waals surface area contributed by atoms with Gasteiger partial charge in [-0.05, 0) is 55.5 Å². The van der Waals surface area contributed by atoms with Crippen molar-refractivity contribution in [2.45, 2.75) is 49.3 Å². The molecule has 3 heterocycles. The van der Waals surface area contributed by atoms with Crippen LogP contribution in [-0.4, -0.2) is 41.9 Å². The fourth-order valence-corrected chi connectivity index (χ4v) is 4.82. The molecule has 0 unspecified atom stereocenters. The van der Waals surface area contributed by atoms with Crippen LogP contribution in [0.4, 0.5) is 10.5 Å². The van der Waals surface area contributed by atoms with E-state index in [9.17, 15) is 13.2 Å². The molecule has 0 radical (unpaired) electrons. The average molecular weight is 486 g/mol. The molecule has 180 valence electrons. The summed E-state index contributed by atoms with van der Waals surface area (Å²) in [7, 11) is -4.12. The molecule has 2 amide bonds. The molecule has 2 aliphatic carbocycles. The topological polar surface area (TPSA) is 124 Å². The van der Waals surface area contributed by atoms with Crippen molar-refractivity contribution in [2.24, 2.45) is 0 Å². The van der Waals surface area contributed by atoms with Crippen LogP contribution < -0.4 is 19.5 Å². The van der Waals surface area contributed by atoms with Crippen molar-refractivity contribution in [1.29, 1.82) is 0 Å². The maximum atomic E-state index is 12.8. The Morgan fingerprint density at radius 2 is 2.03 bits per heavy atom. The molecule has 3 aliphatic rings. The van der Waals surface area contributed by atoms with Crippen molar-refractivity contribution in [2.75, 3.05) is 11.9 Å². The fourth-order valence-electron chi connectivity index (χ4n) is 3.98. The fraction of sp³-hybridized carbons (Fsp3) is 0.348. The van der Waals surface area contributed by atoms with Crippen LogP contribution in [0.2, 0.25) is 0 Å². The van der Waals surface area contributed by atoms with Crippen molar-refractivity contribution in [1.82, 2.24) is 19.5 Å². The molecule has 34 heavy (non-hydrogen) atoms. The molecule has 2 fully saturated rings. The van der Waals surface area contributed by atoms with Crippen molar-refractivity contribution < 1.29 is 25.5 Å². The number of anilines is 1. The molecule has 0 atom stereocenters. The minimum atomic E-state index is -4.12. The van der Waals surface area contributed by atoms with Gasteiger partial charge in [0.25, 0.3) is 10.0 Å². The number of aromatic nitrogens is 3. The lowest BCUT2D eigenvalue weighted by Crippen LogP contribution is -2.35. The van der Waals surface area contributed by atoms with Gasteiger partial charge < -0.3 is 14.8 Å². The van der Waals surface area contributed by atoms with Crippen molar-refractivity contribution in [3.63, 3.8) is 0 Å². The Balaban J connectivity index is 0.00000152. The van der Waals surface area contributed by atoms with Crippen LogP contribution in [0, 0.1) is 0 Å². The molecule has 1 aromatic carbocycles. The second kappa shape index (κ2) is 8.01. The number of nitrogens with zero attached hydrogens (tertiary/aromatic N) is 3. The molecule has 2 N–H and O–H groups in total. The zero-order valence-corrected chi connectivity index (χ0v) is 19.0. The standard InChI is InChI=1S/C23H23N5O5S.2H2/c29-23(27-34(30,31)21-8-11-28(26-21)15-1-2-15)25-22-17(5-6-19-18(22)9-12-32-19)14-7-10-24-20(13-14)33-16-3-4-16;;/h5-8,10-11,13,15-16H,1-4,9,12H2,(H2,25,27,29);2*1H. The first-order valence-corrected chi connectivity index (χ1v) is 12.8. The third-order valence-electron chi connectivity index (χ3n) is 5.98. The number of carbonyl (C=O) groups is 1. The van der Waals surface area contributed by atoms with Gasteiger partial charge in [-0.1, -0.05) is 0 Å². The highest BCUT2D eigenvalue weighted by Crippen LogP contribution is 2.40. The van der Waals surface area contributed by atoms with Crippen LogP contribution in [0.1, 0.15) is 40.1 Å². The van der Waals surface area contributed by atoms with Crippen molar-refractivity contribution in [3.05, 3.63) is 48.3 Å². The molecule has 1 aliphatic heterocycles. The van der Waals surface area contributed by atoms with Crippen LogP contribution >= 0.6 is 0 Å². The van der Waals surface area contributed by atoms with Crippen molar-refractivity contribution in [3.8, 4) is 22.8 Å². The summed E-state index contributed by atoms with van der Waals surface area (Å²) in [6, 6.07) is 8.09. The van der Waals surface area contributed by atoms with E-state index in [0.29, 0.717) is 30.3 Å². The smallest absolute Gasteiger partial charge is 0.333 e. The first kappa shape index (κ1) is 21.0. The van der Waals surface area contributed by atoms with E-state index in [1.807, 2.05) is 24.3 Å². The lowest BCUT2D eigenvalue weighted by molar-refractivity contribution is 0.256. The van der Waals surface area contributed by atoms with E-state index in [-0.39, 0.29) is 20.0 Å². The second-order valence-corrected chi connectivity index (χ2v) is 10.3. The number of hydrogen-bond acceptors (Lipinski definition) is 7. The number of ether oxygens (including phenoxy) is 2. The van der Waals surface area contributed by atoms with E-state index in [2.05, 4.69) is 20.1 Å². The minimum Gasteiger partial charge on any atom is -0.493 e. The van der Waals surface area contributed by atoms with Crippen molar-refractivity contribution >= 4 is 21.7 Å². The third kappa shape index (κ3) is 4.18. The lowest BCUT2D eigenvalue weighted by atomic mass is 9.99. The highest BCUT2D eigenvalue weighted by molar-refractivity contribution is 7.90. The van der Waals surface area contributed by atoms with E-state index in [1.165, 1.54) is 6.07 Å². The number of nitrogens with one attached hydrogen (secondary N) is 2. The van der Waals surface area contributed by atoms with E-state index < -0.39 is 16.1 Å². The summed E-state index contributed by atoms with van der Waals surface area (Å²) in [5.41, 5.74) is 2.82. The number of sulfonamides is 1. The number of hydrogen-bond donors (Lipinski definition) is 2. The van der Waals surface area contributed by atoms with E-state index in [4.69, 9.17) is 9.47 Å². The van der Waals surface area contributed by atoms with Gasteiger partial charge in [-0.25, -0.2) is 14.5 Å². The number of urea groups is 1. The van der Waals surface area contributed by atoms with Gasteiger partial charge >= 0.3 is 6.03 Å². The maximum absolute atomic E-state index is 12.8. The molecular weight excluding hydrogens is 458 g/mol. The van der Waals surface area contributed by atoms with Gasteiger partial charge in [0, 0.05) is 38.9 Å². The number of amides is 2. The van der Waals surface area contributed by atoms with Crippen LogP contribution in [-0.2, 0) is 16.4 Å². The molecule has 6 rings (SSSR count). The number of rotatable bonds is 7. The van der Waals surface area contributed by atoms with Crippen LogP contribution in [0.3, 0.4) is 0 Å². The summed E-state index contributed by atoms with van der Waals surface area (Å²) in [4.78, 5) is 17.1. The normalized spacial score (nSPS) is 17.1. The molecule has 0 spiro atoms. The Labute approximate surface area is 199 Å². The third-order valence-corrected chi connectivity index (χ3v) is 7.21. The Morgan fingerprint density at radius 3 is 2.82 bits per heavy atom. The SMILES string of the molecule is O=C(Nc1c(-c2ccnc(OC3CC3)c2)ccc2c1CCO2)NS(=O)(=O)c1ccn(C2CC2)n1.[HH].[HH]. The minimum absolute atomic E-state index is 0. The Morgan fingerprint density at radius 1 is 1.18 bits per heavy atom.